The molecule has 0 aromatic heterocycles. The molecule has 0 amide bonds. The number of nitrogens with one attached hydrogen (secondary N) is 2. The van der Waals surface area contributed by atoms with Crippen LogP contribution in [0.3, 0.4) is 0 Å². The van der Waals surface area contributed by atoms with Gasteiger partial charge in [-0.05, 0) is 6.92 Å². The first-order valence-electron chi connectivity index (χ1n) is 2.04. The van der Waals surface area contributed by atoms with Crippen LogP contribution < -0.4 is 8.85 Å². The molecule has 0 saturated heterocycles. The number of halogens is 1. The lowest BCUT2D eigenvalue weighted by molar-refractivity contribution is 1.25. The van der Waals surface area contributed by atoms with Crippen LogP contribution in [0.4, 0.5) is 0 Å². The molecule has 0 bridgehead atoms. The van der Waals surface area contributed by atoms with Crippen LogP contribution in [-0.2, 0) is 0 Å². The average molecular weight is 210 g/mol. The Balaban J connectivity index is 2.50. The quantitative estimate of drug-likeness (QED) is 0.454. The Morgan fingerprint density at radius 1 is 1.57 bits per heavy atom. The third-order valence-electron chi connectivity index (χ3n) is 0.625. The predicted octanol–water partition coefficient (Wildman–Crippen LogP) is 0.686. The summed E-state index contributed by atoms with van der Waals surface area (Å²) in [6.07, 6.45) is 3.86. The van der Waals surface area contributed by atoms with E-state index in [1.807, 2.05) is 12.4 Å². The molecule has 1 aliphatic heterocycles. The van der Waals surface area contributed by atoms with E-state index in [0.29, 0.717) is 0 Å². The Labute approximate surface area is 53.1 Å². The minimum absolute atomic E-state index is 0.121. The third-order valence-corrected chi connectivity index (χ3v) is 2.42. The summed E-state index contributed by atoms with van der Waals surface area (Å²) in [5.41, 5.74) is 0. The number of rotatable bonds is 0. The molecule has 2 N–H and O–H groups in total. The fraction of sp³-hybridized carbons (Fsp3) is 0.250. The maximum absolute atomic E-state index is 3.16. The first kappa shape index (κ1) is 5.08. The van der Waals surface area contributed by atoms with Gasteiger partial charge in [0.05, 0.1) is 3.63 Å². The summed E-state index contributed by atoms with van der Waals surface area (Å²) in [5.74, 6) is 0. The summed E-state index contributed by atoms with van der Waals surface area (Å²) in [5, 5.41) is 3.10. The van der Waals surface area contributed by atoms with E-state index in [1.165, 1.54) is 3.63 Å². The highest BCUT2D eigenvalue weighted by Crippen LogP contribution is 1.94. The van der Waals surface area contributed by atoms with E-state index >= 15 is 0 Å². The van der Waals surface area contributed by atoms with E-state index in [0.717, 1.165) is 0 Å². The first-order valence-corrected chi connectivity index (χ1v) is 4.20. The van der Waals surface area contributed by atoms with Crippen LogP contribution in [-0.4, -0.2) is 3.63 Å². The smallest absolute Gasteiger partial charge is 0.0615 e. The normalized spacial score (nSPS) is 18.1. The van der Waals surface area contributed by atoms with Crippen LogP contribution in [0.5, 0.6) is 0 Å². The van der Waals surface area contributed by atoms with Crippen molar-refractivity contribution in [3.05, 3.63) is 12.4 Å². The summed E-state index contributed by atoms with van der Waals surface area (Å²) in [6, 6.07) is 0. The molecule has 2 nitrogen and oxygen atoms in total. The molecule has 0 saturated carbocycles. The molecule has 40 valence electrons. The van der Waals surface area contributed by atoms with Gasteiger partial charge in [0.15, 0.2) is 0 Å². The minimum Gasteiger partial charge on any atom is -0.358 e. The monoisotopic (exact) mass is 210 g/mol. The molecule has 0 unspecified atom stereocenters. The van der Waals surface area contributed by atoms with E-state index in [1.54, 1.807) is 0 Å². The SMILES string of the molecule is CC1=INC=CN1. The zero-order chi connectivity index (χ0) is 5.11. The van der Waals surface area contributed by atoms with Crippen molar-refractivity contribution in [1.82, 2.24) is 8.85 Å². The fourth-order valence-corrected chi connectivity index (χ4v) is 1.49. The van der Waals surface area contributed by atoms with Crippen LogP contribution >= 0.6 is 21.0 Å². The lowest BCUT2D eigenvalue weighted by Crippen LogP contribution is -2.15. The summed E-state index contributed by atoms with van der Waals surface area (Å²) in [6.45, 7) is 2.10. The lowest BCUT2D eigenvalue weighted by Gasteiger charge is -2.02. The van der Waals surface area contributed by atoms with Gasteiger partial charge in [-0.15, -0.1) is 0 Å². The number of hydrogen-bond donors (Lipinski definition) is 2. The third kappa shape index (κ3) is 1.46. The zero-order valence-corrected chi connectivity index (χ0v) is 6.19. The molecular formula is C4H7IN2. The Morgan fingerprint density at radius 2 is 2.43 bits per heavy atom. The largest absolute Gasteiger partial charge is 0.358 e. The molecule has 0 fully saturated rings. The molecule has 3 heteroatoms. The van der Waals surface area contributed by atoms with Gasteiger partial charge in [-0.25, -0.2) is 0 Å². The van der Waals surface area contributed by atoms with Gasteiger partial charge >= 0.3 is 0 Å². The van der Waals surface area contributed by atoms with Crippen molar-refractivity contribution in [2.45, 2.75) is 6.92 Å². The lowest BCUT2D eigenvalue weighted by atomic mass is 10.7. The van der Waals surface area contributed by atoms with Crippen LogP contribution in [0.1, 0.15) is 6.92 Å². The second-order valence-electron chi connectivity index (χ2n) is 1.21. The van der Waals surface area contributed by atoms with Gasteiger partial charge in [0.25, 0.3) is 0 Å². The van der Waals surface area contributed by atoms with Crippen molar-refractivity contribution >= 4 is 24.6 Å². The van der Waals surface area contributed by atoms with Gasteiger partial charge in [0.1, 0.15) is 0 Å². The maximum Gasteiger partial charge on any atom is 0.0615 e. The van der Waals surface area contributed by atoms with Crippen molar-refractivity contribution in [1.29, 1.82) is 0 Å². The molecule has 0 radical (unpaired) electrons. The zero-order valence-electron chi connectivity index (χ0n) is 4.03. The number of hydrogen-bond acceptors (Lipinski definition) is 2. The van der Waals surface area contributed by atoms with Gasteiger partial charge in [-0.1, -0.05) is 0 Å². The van der Waals surface area contributed by atoms with E-state index in [9.17, 15) is 0 Å². The molecule has 0 spiro atoms. The van der Waals surface area contributed by atoms with Gasteiger partial charge in [0, 0.05) is 33.4 Å². The van der Waals surface area contributed by atoms with Gasteiger partial charge in [-0.3, -0.25) is 0 Å². The average Bonchev–Trinajstić information content (AvgIpc) is 1.69. The van der Waals surface area contributed by atoms with Crippen molar-refractivity contribution in [3.63, 3.8) is 0 Å². The van der Waals surface area contributed by atoms with Crippen LogP contribution in [0.15, 0.2) is 12.4 Å². The molecule has 1 aliphatic rings. The van der Waals surface area contributed by atoms with E-state index < -0.39 is 0 Å². The van der Waals surface area contributed by atoms with Crippen molar-refractivity contribution in [2.75, 3.05) is 0 Å². The summed E-state index contributed by atoms with van der Waals surface area (Å²) in [4.78, 5) is 0. The van der Waals surface area contributed by atoms with E-state index in [4.69, 9.17) is 0 Å². The van der Waals surface area contributed by atoms with Gasteiger partial charge in [0.2, 0.25) is 0 Å². The highest BCUT2D eigenvalue weighted by atomic mass is 127. The van der Waals surface area contributed by atoms with Crippen molar-refractivity contribution in [3.8, 4) is 0 Å². The first-order chi connectivity index (χ1) is 3.39. The second kappa shape index (κ2) is 2.30. The Kier molecular flexibility index (Phi) is 1.67. The van der Waals surface area contributed by atoms with Gasteiger partial charge in [-0.2, -0.15) is 0 Å². The molecule has 0 aliphatic carbocycles. The summed E-state index contributed by atoms with van der Waals surface area (Å²) >= 11 is 0.121. The molecule has 7 heavy (non-hydrogen) atoms. The van der Waals surface area contributed by atoms with Crippen molar-refractivity contribution in [2.24, 2.45) is 0 Å². The molecule has 0 aromatic carbocycles. The fourth-order valence-electron chi connectivity index (χ4n) is 0.329. The Hall–Kier alpha value is -0.0600. The van der Waals surface area contributed by atoms with E-state index in [2.05, 4.69) is 15.8 Å². The summed E-state index contributed by atoms with van der Waals surface area (Å²) < 4.78 is 4.54. The topological polar surface area (TPSA) is 24.1 Å². The Bertz CT molecular complexity index is 117. The Morgan fingerprint density at radius 3 is 2.71 bits per heavy atom. The molecule has 0 aromatic rings. The standard InChI is InChI=1S/C4H7IN2/c1-4-5-7-3-2-6-4/h2-3,6-7H,1H3. The molecular weight excluding hydrogens is 203 g/mol. The highest BCUT2D eigenvalue weighted by Gasteiger charge is 1.84. The summed E-state index contributed by atoms with van der Waals surface area (Å²) in [7, 11) is 0. The van der Waals surface area contributed by atoms with Crippen LogP contribution in [0.25, 0.3) is 0 Å². The van der Waals surface area contributed by atoms with Crippen LogP contribution in [0, 0.1) is 0 Å². The van der Waals surface area contributed by atoms with E-state index in [-0.39, 0.29) is 21.0 Å². The minimum atomic E-state index is 0.121. The predicted molar refractivity (Wildman–Crippen MR) is 40.1 cm³/mol. The van der Waals surface area contributed by atoms with Crippen molar-refractivity contribution < 1.29 is 0 Å². The van der Waals surface area contributed by atoms with Crippen LogP contribution in [0.2, 0.25) is 0 Å². The molecule has 1 heterocycles. The van der Waals surface area contributed by atoms with Gasteiger partial charge < -0.3 is 8.85 Å². The molecule has 1 rings (SSSR count). The maximum atomic E-state index is 3.16. The second-order valence-corrected chi connectivity index (χ2v) is 4.00. The molecule has 0 atom stereocenters. The highest BCUT2D eigenvalue weighted by molar-refractivity contribution is 14.2.